The van der Waals surface area contributed by atoms with E-state index in [2.05, 4.69) is 46.2 Å². The van der Waals surface area contributed by atoms with Crippen molar-refractivity contribution in [3.05, 3.63) is 59.9 Å². The fourth-order valence-electron chi connectivity index (χ4n) is 5.00. The Labute approximate surface area is 160 Å². The zero-order chi connectivity index (χ0) is 18.3. The van der Waals surface area contributed by atoms with E-state index in [9.17, 15) is 4.79 Å². The van der Waals surface area contributed by atoms with E-state index in [4.69, 9.17) is 4.98 Å². The average molecular weight is 362 g/mol. The highest BCUT2D eigenvalue weighted by Crippen LogP contribution is 2.45. The molecule has 5 nitrogen and oxygen atoms in total. The van der Waals surface area contributed by atoms with Gasteiger partial charge in [-0.3, -0.25) is 4.98 Å². The number of pyridine rings is 1. The topological polar surface area (TPSA) is 39.7 Å². The van der Waals surface area contributed by atoms with Gasteiger partial charge in [0.15, 0.2) is 0 Å². The summed E-state index contributed by atoms with van der Waals surface area (Å²) in [4.78, 5) is 24.2. The van der Waals surface area contributed by atoms with Crippen molar-refractivity contribution in [1.29, 1.82) is 0 Å². The second-order valence-corrected chi connectivity index (χ2v) is 8.14. The number of hydrogen-bond donors (Lipinski definition) is 0. The Morgan fingerprint density at radius 1 is 0.963 bits per heavy atom. The maximum Gasteiger partial charge on any atom is 0.320 e. The van der Waals surface area contributed by atoms with Gasteiger partial charge in [-0.2, -0.15) is 0 Å². The van der Waals surface area contributed by atoms with Gasteiger partial charge in [-0.25, -0.2) is 4.79 Å². The van der Waals surface area contributed by atoms with E-state index in [1.807, 2.05) is 17.2 Å². The van der Waals surface area contributed by atoms with Crippen LogP contribution in [0.1, 0.15) is 30.5 Å². The Balaban J connectivity index is 1.39. The van der Waals surface area contributed by atoms with E-state index >= 15 is 0 Å². The van der Waals surface area contributed by atoms with Crippen molar-refractivity contribution in [2.45, 2.75) is 31.2 Å². The minimum Gasteiger partial charge on any atom is -0.365 e. The molecule has 2 fully saturated rings. The molecule has 5 heteroatoms. The number of anilines is 1. The maximum absolute atomic E-state index is 12.9. The van der Waals surface area contributed by atoms with Gasteiger partial charge in [-0.15, -0.1) is 0 Å². The number of carbonyl (C=O) groups excluding carboxylic acids is 1. The first-order valence-corrected chi connectivity index (χ1v) is 10.0. The molecular weight excluding hydrogens is 336 g/mol. The van der Waals surface area contributed by atoms with E-state index in [1.54, 1.807) is 0 Å². The molecule has 5 rings (SSSR count). The Bertz CT molecular complexity index is 833. The molecule has 27 heavy (non-hydrogen) atoms. The fourth-order valence-corrected chi connectivity index (χ4v) is 5.00. The van der Waals surface area contributed by atoms with E-state index < -0.39 is 0 Å². The second kappa shape index (κ2) is 6.55. The number of likely N-dealkylation sites (tertiary alicyclic amines) is 2. The highest BCUT2D eigenvalue weighted by molar-refractivity contribution is 5.76. The molecule has 3 aliphatic rings. The van der Waals surface area contributed by atoms with Crippen LogP contribution < -0.4 is 4.90 Å². The van der Waals surface area contributed by atoms with Crippen LogP contribution in [0.4, 0.5) is 10.5 Å². The molecule has 1 atom stereocenters. The van der Waals surface area contributed by atoms with Crippen LogP contribution in [-0.2, 0) is 12.0 Å². The standard InChI is InChI=1S/C22H26N4O/c27-21(24-12-4-5-13-24)25-14-10-22(16-25)17-26(15-18-7-2-1-3-8-18)19-9-6-11-23-20(19)22/h1-3,6-9,11H,4-5,10,12-17H2/t22-/m1/s1. The summed E-state index contributed by atoms with van der Waals surface area (Å²) >= 11 is 0. The van der Waals surface area contributed by atoms with E-state index in [-0.39, 0.29) is 11.4 Å². The van der Waals surface area contributed by atoms with E-state index in [0.717, 1.165) is 58.5 Å². The number of nitrogens with zero attached hydrogens (tertiary/aromatic N) is 4. The quantitative estimate of drug-likeness (QED) is 0.823. The monoisotopic (exact) mass is 362 g/mol. The van der Waals surface area contributed by atoms with Crippen LogP contribution in [0, 0.1) is 0 Å². The minimum atomic E-state index is -0.0270. The number of benzene rings is 1. The zero-order valence-electron chi connectivity index (χ0n) is 15.7. The lowest BCUT2D eigenvalue weighted by molar-refractivity contribution is 0.170. The number of carbonyl (C=O) groups is 1. The lowest BCUT2D eigenvalue weighted by atomic mass is 9.85. The number of rotatable bonds is 2. The normalized spacial score (nSPS) is 24.1. The summed E-state index contributed by atoms with van der Waals surface area (Å²) in [6, 6.07) is 15.0. The average Bonchev–Trinajstić information content (AvgIpc) is 3.44. The Morgan fingerprint density at radius 3 is 2.59 bits per heavy atom. The molecule has 4 heterocycles. The van der Waals surface area contributed by atoms with Gasteiger partial charge in [-0.05, 0) is 37.0 Å². The van der Waals surface area contributed by atoms with Crippen molar-refractivity contribution in [2.24, 2.45) is 0 Å². The van der Waals surface area contributed by atoms with Gasteiger partial charge in [0.05, 0.1) is 16.8 Å². The summed E-state index contributed by atoms with van der Waals surface area (Å²) in [6.45, 7) is 5.29. The highest BCUT2D eigenvalue weighted by atomic mass is 16.2. The summed E-state index contributed by atoms with van der Waals surface area (Å²) in [5, 5.41) is 0. The number of aromatic nitrogens is 1. The smallest absolute Gasteiger partial charge is 0.320 e. The molecule has 2 aromatic rings. The third kappa shape index (κ3) is 2.85. The van der Waals surface area contributed by atoms with Crippen LogP contribution in [0.15, 0.2) is 48.7 Å². The third-order valence-corrected chi connectivity index (χ3v) is 6.34. The molecular formula is C22H26N4O. The summed E-state index contributed by atoms with van der Waals surface area (Å²) in [7, 11) is 0. The van der Waals surface area contributed by atoms with Gasteiger partial charge in [0.25, 0.3) is 0 Å². The van der Waals surface area contributed by atoms with Gasteiger partial charge >= 0.3 is 6.03 Å². The summed E-state index contributed by atoms with van der Waals surface area (Å²) in [6.07, 6.45) is 5.18. The van der Waals surface area contributed by atoms with Gasteiger partial charge < -0.3 is 14.7 Å². The van der Waals surface area contributed by atoms with Gasteiger partial charge in [0, 0.05) is 45.5 Å². The number of urea groups is 1. The van der Waals surface area contributed by atoms with Crippen molar-refractivity contribution >= 4 is 11.7 Å². The molecule has 0 bridgehead atoms. The van der Waals surface area contributed by atoms with Gasteiger partial charge in [0.1, 0.15) is 0 Å². The van der Waals surface area contributed by atoms with Crippen LogP contribution in [0.3, 0.4) is 0 Å². The Morgan fingerprint density at radius 2 is 1.78 bits per heavy atom. The molecule has 1 spiro atoms. The lowest BCUT2D eigenvalue weighted by Crippen LogP contribution is -2.43. The van der Waals surface area contributed by atoms with Crippen molar-refractivity contribution in [1.82, 2.24) is 14.8 Å². The molecule has 0 unspecified atom stereocenters. The van der Waals surface area contributed by atoms with Crippen molar-refractivity contribution in [2.75, 3.05) is 37.6 Å². The lowest BCUT2D eigenvalue weighted by Gasteiger charge is -2.28. The first-order chi connectivity index (χ1) is 13.3. The maximum atomic E-state index is 12.9. The molecule has 140 valence electrons. The molecule has 1 aromatic heterocycles. The number of fused-ring (bicyclic) bond motifs is 2. The van der Waals surface area contributed by atoms with Crippen molar-refractivity contribution in [3.63, 3.8) is 0 Å². The van der Waals surface area contributed by atoms with Crippen LogP contribution in [0.5, 0.6) is 0 Å². The summed E-state index contributed by atoms with van der Waals surface area (Å²) in [5.41, 5.74) is 3.70. The Kier molecular flexibility index (Phi) is 4.03. The Hall–Kier alpha value is -2.56. The minimum absolute atomic E-state index is 0.0270. The summed E-state index contributed by atoms with van der Waals surface area (Å²) in [5.74, 6) is 0. The highest BCUT2D eigenvalue weighted by Gasteiger charge is 2.50. The van der Waals surface area contributed by atoms with Crippen molar-refractivity contribution in [3.8, 4) is 0 Å². The number of amides is 2. The predicted molar refractivity (Wildman–Crippen MR) is 106 cm³/mol. The van der Waals surface area contributed by atoms with E-state index in [1.165, 1.54) is 16.9 Å². The largest absolute Gasteiger partial charge is 0.365 e. The summed E-state index contributed by atoms with van der Waals surface area (Å²) < 4.78 is 0. The van der Waals surface area contributed by atoms with Crippen LogP contribution >= 0.6 is 0 Å². The SMILES string of the molecule is O=C(N1CCCC1)N1CC[C@@]2(C1)CN(Cc1ccccc1)c1cccnc12. The number of hydrogen-bond acceptors (Lipinski definition) is 3. The van der Waals surface area contributed by atoms with Gasteiger partial charge in [-0.1, -0.05) is 30.3 Å². The van der Waals surface area contributed by atoms with Crippen LogP contribution in [-0.4, -0.2) is 53.5 Å². The van der Waals surface area contributed by atoms with Gasteiger partial charge in [0.2, 0.25) is 0 Å². The van der Waals surface area contributed by atoms with E-state index in [0.29, 0.717) is 0 Å². The van der Waals surface area contributed by atoms with Crippen LogP contribution in [0.25, 0.3) is 0 Å². The molecule has 2 saturated heterocycles. The molecule has 0 radical (unpaired) electrons. The first kappa shape index (κ1) is 16.6. The molecule has 0 aliphatic carbocycles. The molecule has 0 N–H and O–H groups in total. The van der Waals surface area contributed by atoms with Crippen LogP contribution in [0.2, 0.25) is 0 Å². The molecule has 2 amide bonds. The molecule has 0 saturated carbocycles. The predicted octanol–water partition coefficient (Wildman–Crippen LogP) is 3.26. The first-order valence-electron chi connectivity index (χ1n) is 10.0. The fraction of sp³-hybridized carbons (Fsp3) is 0.455. The third-order valence-electron chi connectivity index (χ3n) is 6.34. The molecule has 1 aromatic carbocycles. The zero-order valence-corrected chi connectivity index (χ0v) is 15.7. The molecule has 3 aliphatic heterocycles. The van der Waals surface area contributed by atoms with Crippen molar-refractivity contribution < 1.29 is 4.79 Å². The second-order valence-electron chi connectivity index (χ2n) is 8.14.